The number of rotatable bonds is 7. The molecule has 1 saturated carbocycles. The van der Waals surface area contributed by atoms with Crippen LogP contribution in [0.3, 0.4) is 0 Å². The highest BCUT2D eigenvalue weighted by Gasteiger charge is 2.22. The maximum absolute atomic E-state index is 9.10. The fourth-order valence-electron chi connectivity index (χ4n) is 4.52. The number of fused-ring (bicyclic) bond motifs is 1. The topological polar surface area (TPSA) is 97.4 Å². The van der Waals surface area contributed by atoms with E-state index < -0.39 is 0 Å². The first-order valence-corrected chi connectivity index (χ1v) is 12.1. The summed E-state index contributed by atoms with van der Waals surface area (Å²) in [6, 6.07) is 21.9. The van der Waals surface area contributed by atoms with Crippen molar-refractivity contribution in [2.45, 2.75) is 26.7 Å². The Morgan fingerprint density at radius 3 is 2.42 bits per heavy atom. The second-order valence-electron chi connectivity index (χ2n) is 9.23. The molecule has 1 aliphatic carbocycles. The predicted octanol–water partition coefficient (Wildman–Crippen LogP) is 6.89. The number of hydrogen-bond acceptors (Lipinski definition) is 6. The zero-order valence-corrected chi connectivity index (χ0v) is 20.3. The zero-order valence-electron chi connectivity index (χ0n) is 20.3. The number of aryl methyl sites for hydroxylation is 2. The highest BCUT2D eigenvalue weighted by atomic mass is 15.1. The van der Waals surface area contributed by atoms with Crippen LogP contribution in [0.2, 0.25) is 0 Å². The number of nitrogens with one attached hydrogen (secondary N) is 2. The number of benzene rings is 3. The molecule has 1 fully saturated rings. The van der Waals surface area contributed by atoms with Gasteiger partial charge in [0.2, 0.25) is 5.95 Å². The Morgan fingerprint density at radius 1 is 1.00 bits per heavy atom. The molecule has 0 aliphatic heterocycles. The zero-order chi connectivity index (χ0) is 25.1. The normalized spacial score (nSPS) is 12.9. The summed E-state index contributed by atoms with van der Waals surface area (Å²) >= 11 is 0. The molecule has 0 spiro atoms. The van der Waals surface area contributed by atoms with Crippen molar-refractivity contribution in [3.63, 3.8) is 0 Å². The highest BCUT2D eigenvalue weighted by Crippen LogP contribution is 2.37. The molecule has 0 atom stereocenters. The first kappa shape index (κ1) is 23.1. The molecule has 0 amide bonds. The van der Waals surface area contributed by atoms with Gasteiger partial charge >= 0.3 is 0 Å². The number of nitrogens with zero attached hydrogens (tertiary/aromatic N) is 4. The summed E-state index contributed by atoms with van der Waals surface area (Å²) in [6.07, 6.45) is 5.83. The van der Waals surface area contributed by atoms with Crippen LogP contribution in [-0.2, 0) is 0 Å². The molecule has 1 aliphatic rings. The van der Waals surface area contributed by atoms with Gasteiger partial charge in [0.05, 0.1) is 23.2 Å². The number of allylic oxidation sites excluding steroid dienone is 1. The third kappa shape index (κ3) is 4.89. The second kappa shape index (κ2) is 9.90. The Labute approximate surface area is 211 Å². The summed E-state index contributed by atoms with van der Waals surface area (Å²) in [5.41, 5.74) is 7.70. The molecular formula is C30H26N6. The quantitative estimate of drug-likeness (QED) is 0.286. The molecular weight excluding hydrogens is 444 g/mol. The van der Waals surface area contributed by atoms with Gasteiger partial charge in [-0.3, -0.25) is 0 Å². The third-order valence-corrected chi connectivity index (χ3v) is 6.43. The van der Waals surface area contributed by atoms with Crippen molar-refractivity contribution in [2.24, 2.45) is 5.92 Å². The van der Waals surface area contributed by atoms with Gasteiger partial charge < -0.3 is 10.6 Å². The van der Waals surface area contributed by atoms with Crippen molar-refractivity contribution in [3.05, 3.63) is 82.9 Å². The summed E-state index contributed by atoms with van der Waals surface area (Å²) < 4.78 is 0. The fourth-order valence-corrected chi connectivity index (χ4v) is 4.52. The summed E-state index contributed by atoms with van der Waals surface area (Å²) in [5, 5.41) is 25.9. The van der Waals surface area contributed by atoms with Crippen LogP contribution in [-0.4, -0.2) is 16.5 Å². The van der Waals surface area contributed by atoms with Gasteiger partial charge in [0.25, 0.3) is 0 Å². The molecule has 0 unspecified atom stereocenters. The van der Waals surface area contributed by atoms with E-state index in [9.17, 15) is 0 Å². The van der Waals surface area contributed by atoms with Gasteiger partial charge in [-0.05, 0) is 91.3 Å². The Bertz CT molecular complexity index is 1530. The van der Waals surface area contributed by atoms with Gasteiger partial charge in [0.1, 0.15) is 5.82 Å². The van der Waals surface area contributed by atoms with Gasteiger partial charge in [0.15, 0.2) is 0 Å². The lowest BCUT2D eigenvalue weighted by atomic mass is 9.92. The summed E-state index contributed by atoms with van der Waals surface area (Å²) in [6.45, 7) is 5.08. The molecule has 6 nitrogen and oxygen atoms in total. The Balaban J connectivity index is 1.63. The van der Waals surface area contributed by atoms with Crippen LogP contribution >= 0.6 is 0 Å². The third-order valence-electron chi connectivity index (χ3n) is 6.43. The first-order valence-electron chi connectivity index (χ1n) is 12.1. The number of para-hydroxylation sites is 1. The number of aromatic nitrogens is 2. The summed E-state index contributed by atoms with van der Waals surface area (Å²) in [7, 11) is 0. The van der Waals surface area contributed by atoms with E-state index in [1.807, 2.05) is 18.2 Å². The Hall–Kier alpha value is -4.68. The molecule has 5 rings (SSSR count). The standard InChI is InChI=1S/C30H26N6/c1-19-15-23(5-4-14-31)16-20(2)27(19)25-6-3-7-26-28(25)35-30(36-29(26)33-18-22-8-9-22)34-24-12-10-21(17-32)11-13-24/h3-7,10-13,15-16,22H,8-9,18H2,1-2H3,(H2,33,34,35,36)/b5-4+. The summed E-state index contributed by atoms with van der Waals surface area (Å²) in [4.78, 5) is 9.79. The minimum atomic E-state index is 0.502. The van der Waals surface area contributed by atoms with E-state index in [1.165, 1.54) is 18.9 Å². The first-order chi connectivity index (χ1) is 17.6. The van der Waals surface area contributed by atoms with Crippen molar-refractivity contribution in [2.75, 3.05) is 17.2 Å². The lowest BCUT2D eigenvalue weighted by Crippen LogP contribution is -2.08. The van der Waals surface area contributed by atoms with Crippen LogP contribution in [0, 0.1) is 42.4 Å². The van der Waals surface area contributed by atoms with Crippen LogP contribution in [0.1, 0.15) is 35.1 Å². The molecule has 2 N–H and O–H groups in total. The molecule has 4 aromatic rings. The molecule has 1 aromatic heterocycles. The maximum atomic E-state index is 9.10. The fraction of sp³-hybridized carbons (Fsp3) is 0.200. The van der Waals surface area contributed by atoms with Crippen LogP contribution < -0.4 is 10.6 Å². The molecule has 1 heterocycles. The molecule has 0 radical (unpaired) electrons. The van der Waals surface area contributed by atoms with Crippen molar-refractivity contribution >= 4 is 34.4 Å². The average Bonchev–Trinajstić information content (AvgIpc) is 3.71. The van der Waals surface area contributed by atoms with Crippen LogP contribution in [0.25, 0.3) is 28.1 Å². The van der Waals surface area contributed by atoms with Crippen molar-refractivity contribution in [1.82, 2.24) is 9.97 Å². The van der Waals surface area contributed by atoms with E-state index in [-0.39, 0.29) is 0 Å². The van der Waals surface area contributed by atoms with E-state index >= 15 is 0 Å². The average molecular weight is 471 g/mol. The van der Waals surface area contributed by atoms with E-state index in [0.29, 0.717) is 17.4 Å². The lowest BCUT2D eigenvalue weighted by Gasteiger charge is -2.17. The van der Waals surface area contributed by atoms with Gasteiger partial charge in [0, 0.05) is 29.3 Å². The number of hydrogen-bond donors (Lipinski definition) is 2. The smallest absolute Gasteiger partial charge is 0.229 e. The molecule has 3 aromatic carbocycles. The van der Waals surface area contributed by atoms with Crippen molar-refractivity contribution < 1.29 is 0 Å². The van der Waals surface area contributed by atoms with Gasteiger partial charge in [-0.2, -0.15) is 15.5 Å². The number of nitriles is 2. The minimum Gasteiger partial charge on any atom is -0.369 e. The van der Waals surface area contributed by atoms with Crippen LogP contribution in [0.4, 0.5) is 17.5 Å². The molecule has 6 heteroatoms. The van der Waals surface area contributed by atoms with Gasteiger partial charge in [-0.15, -0.1) is 0 Å². The predicted molar refractivity (Wildman–Crippen MR) is 145 cm³/mol. The van der Waals surface area contributed by atoms with E-state index in [1.54, 1.807) is 12.1 Å². The monoisotopic (exact) mass is 470 g/mol. The molecule has 0 bridgehead atoms. The second-order valence-corrected chi connectivity index (χ2v) is 9.23. The molecule has 0 saturated heterocycles. The van der Waals surface area contributed by atoms with Gasteiger partial charge in [-0.1, -0.05) is 24.3 Å². The molecule has 176 valence electrons. The van der Waals surface area contributed by atoms with E-state index in [0.717, 1.165) is 56.8 Å². The van der Waals surface area contributed by atoms with Crippen molar-refractivity contribution in [3.8, 4) is 23.3 Å². The maximum Gasteiger partial charge on any atom is 0.229 e. The van der Waals surface area contributed by atoms with Gasteiger partial charge in [-0.25, -0.2) is 4.98 Å². The number of anilines is 3. The SMILES string of the molecule is Cc1cc(/C=C/C#N)cc(C)c1-c1cccc2c(NCC3CC3)nc(Nc3ccc(C#N)cc3)nc12. The van der Waals surface area contributed by atoms with E-state index in [4.69, 9.17) is 20.5 Å². The molecule has 36 heavy (non-hydrogen) atoms. The van der Waals surface area contributed by atoms with E-state index in [2.05, 4.69) is 67.0 Å². The van der Waals surface area contributed by atoms with Crippen molar-refractivity contribution in [1.29, 1.82) is 10.5 Å². The Kier molecular flexibility index (Phi) is 6.34. The Morgan fingerprint density at radius 2 is 1.75 bits per heavy atom. The largest absolute Gasteiger partial charge is 0.369 e. The summed E-state index contributed by atoms with van der Waals surface area (Å²) in [5.74, 6) is 2.02. The highest BCUT2D eigenvalue weighted by molar-refractivity contribution is 6.01. The minimum absolute atomic E-state index is 0.502. The van der Waals surface area contributed by atoms with Crippen LogP contribution in [0.15, 0.2) is 60.7 Å². The lowest BCUT2D eigenvalue weighted by molar-refractivity contribution is 0.884. The van der Waals surface area contributed by atoms with Crippen LogP contribution in [0.5, 0.6) is 0 Å².